The van der Waals surface area contributed by atoms with Gasteiger partial charge in [-0.3, -0.25) is 10.1 Å². The molecule has 11 heteroatoms. The Morgan fingerprint density at radius 2 is 1.57 bits per heavy atom. The molecule has 2 amide bonds. The van der Waals surface area contributed by atoms with E-state index in [-0.39, 0.29) is 28.8 Å². The Morgan fingerprint density at radius 1 is 0.936 bits per heavy atom. The maximum Gasteiger partial charge on any atom is 0.425 e. The number of amides is 2. The smallest absolute Gasteiger partial charge is 0.413 e. The van der Waals surface area contributed by atoms with Gasteiger partial charge in [-0.25, -0.2) is 14.7 Å². The quantitative estimate of drug-likeness (QED) is 0.170. The topological polar surface area (TPSA) is 111 Å². The zero-order valence-electron chi connectivity index (χ0n) is 27.7. The number of carbonyl (C=O) groups excluding carboxylic acids is 2. The molecule has 242 valence electrons. The van der Waals surface area contributed by atoms with Crippen LogP contribution in [0.25, 0.3) is 11.2 Å². The Bertz CT molecular complexity index is 1880. The zero-order valence-corrected chi connectivity index (χ0v) is 28.7. The number of ether oxygens (including phenoxy) is 1. The van der Waals surface area contributed by atoms with E-state index in [1.807, 2.05) is 65.2 Å². The van der Waals surface area contributed by atoms with E-state index in [1.54, 1.807) is 6.33 Å². The number of hydrogen-bond acceptors (Lipinski definition) is 7. The van der Waals surface area contributed by atoms with Crippen molar-refractivity contribution < 1.29 is 18.8 Å². The van der Waals surface area contributed by atoms with Gasteiger partial charge in [0.2, 0.25) is 11.9 Å². The highest BCUT2D eigenvalue weighted by Gasteiger charge is 2.37. The second-order valence-electron chi connectivity index (χ2n) is 13.4. The van der Waals surface area contributed by atoms with Gasteiger partial charge in [-0.2, -0.15) is 9.97 Å². The third-order valence-corrected chi connectivity index (χ3v) is 13.5. The summed E-state index contributed by atoms with van der Waals surface area (Å²) in [6.45, 7) is 13.2. The fourth-order valence-corrected chi connectivity index (χ4v) is 6.46. The van der Waals surface area contributed by atoms with E-state index >= 15 is 0 Å². The van der Waals surface area contributed by atoms with Gasteiger partial charge in [0.1, 0.15) is 0 Å². The SMILES string of the molecule is CC(=O)Nc1nc(OC(=O)N(c2ccccc2)c2ccccc2)c2ncn(C3Cc4ccc(CO[Si](C)(C)C(C)(C)C)cc4C3)c2n1. The summed E-state index contributed by atoms with van der Waals surface area (Å²) in [5.74, 6) is -0.357. The third kappa shape index (κ3) is 6.81. The summed E-state index contributed by atoms with van der Waals surface area (Å²) in [6, 6.07) is 25.1. The average Bonchev–Trinajstić information content (AvgIpc) is 3.64. The molecule has 1 atom stereocenters. The molecule has 1 N–H and O–H groups in total. The highest BCUT2D eigenvalue weighted by atomic mass is 28.4. The van der Waals surface area contributed by atoms with Crippen LogP contribution in [0.4, 0.5) is 22.1 Å². The summed E-state index contributed by atoms with van der Waals surface area (Å²) < 4.78 is 14.4. The number of benzene rings is 3. The van der Waals surface area contributed by atoms with E-state index in [9.17, 15) is 9.59 Å². The molecule has 5 aromatic rings. The van der Waals surface area contributed by atoms with Crippen molar-refractivity contribution in [3.05, 3.63) is 102 Å². The Balaban J connectivity index is 1.29. The maximum atomic E-state index is 13.8. The summed E-state index contributed by atoms with van der Waals surface area (Å²) in [5, 5.41) is 2.80. The summed E-state index contributed by atoms with van der Waals surface area (Å²) >= 11 is 0. The fourth-order valence-electron chi connectivity index (χ4n) is 5.50. The summed E-state index contributed by atoms with van der Waals surface area (Å²) in [5.41, 5.74) is 5.73. The minimum absolute atomic E-state index is 0.0281. The predicted octanol–water partition coefficient (Wildman–Crippen LogP) is 7.98. The lowest BCUT2D eigenvalue weighted by atomic mass is 10.1. The van der Waals surface area contributed by atoms with Crippen LogP contribution < -0.4 is 15.0 Å². The van der Waals surface area contributed by atoms with Gasteiger partial charge in [0.25, 0.3) is 5.88 Å². The number of nitrogens with zero attached hydrogens (tertiary/aromatic N) is 5. The van der Waals surface area contributed by atoms with Crippen molar-refractivity contribution in [2.75, 3.05) is 10.2 Å². The Hall–Kier alpha value is -4.87. The van der Waals surface area contributed by atoms with Gasteiger partial charge in [0.05, 0.1) is 24.3 Å². The van der Waals surface area contributed by atoms with Gasteiger partial charge in [-0.05, 0) is 71.9 Å². The molecule has 1 unspecified atom stereocenters. The molecule has 1 aliphatic carbocycles. The molecule has 0 fully saturated rings. The Morgan fingerprint density at radius 3 is 2.19 bits per heavy atom. The second-order valence-corrected chi connectivity index (χ2v) is 18.3. The highest BCUT2D eigenvalue weighted by molar-refractivity contribution is 6.74. The van der Waals surface area contributed by atoms with Crippen LogP contribution >= 0.6 is 0 Å². The summed E-state index contributed by atoms with van der Waals surface area (Å²) in [7, 11) is -1.88. The van der Waals surface area contributed by atoms with Crippen molar-refractivity contribution >= 4 is 48.8 Å². The molecule has 2 heterocycles. The van der Waals surface area contributed by atoms with Gasteiger partial charge < -0.3 is 13.7 Å². The zero-order chi connectivity index (χ0) is 33.3. The number of fused-ring (bicyclic) bond motifs is 2. The van der Waals surface area contributed by atoms with Gasteiger partial charge in [0, 0.05) is 13.0 Å². The van der Waals surface area contributed by atoms with Crippen LogP contribution in [0.2, 0.25) is 18.1 Å². The van der Waals surface area contributed by atoms with Crippen molar-refractivity contribution in [3.8, 4) is 5.88 Å². The molecule has 3 aromatic carbocycles. The molecule has 0 saturated heterocycles. The number of para-hydroxylation sites is 2. The van der Waals surface area contributed by atoms with Crippen molar-refractivity contribution in [2.24, 2.45) is 0 Å². The number of hydrogen-bond donors (Lipinski definition) is 1. The molecule has 2 aromatic heterocycles. The molecule has 10 nitrogen and oxygen atoms in total. The van der Waals surface area contributed by atoms with Crippen LogP contribution in [0.3, 0.4) is 0 Å². The van der Waals surface area contributed by atoms with Gasteiger partial charge in [-0.1, -0.05) is 75.4 Å². The fraction of sp³-hybridized carbons (Fsp3) is 0.306. The molecular weight excluding hydrogens is 609 g/mol. The van der Waals surface area contributed by atoms with Crippen LogP contribution in [0, 0.1) is 0 Å². The van der Waals surface area contributed by atoms with Crippen LogP contribution in [0.5, 0.6) is 5.88 Å². The minimum atomic E-state index is -1.88. The third-order valence-electron chi connectivity index (χ3n) is 9.05. The minimum Gasteiger partial charge on any atom is -0.413 e. The number of anilines is 3. The highest BCUT2D eigenvalue weighted by Crippen LogP contribution is 2.38. The molecule has 1 aliphatic rings. The maximum absolute atomic E-state index is 13.8. The average molecular weight is 649 g/mol. The molecule has 47 heavy (non-hydrogen) atoms. The van der Waals surface area contributed by atoms with E-state index in [2.05, 4.69) is 72.3 Å². The van der Waals surface area contributed by atoms with Crippen LogP contribution in [-0.2, 0) is 28.7 Å². The van der Waals surface area contributed by atoms with E-state index in [0.29, 0.717) is 29.1 Å². The molecular formula is C36H40N6O4Si. The van der Waals surface area contributed by atoms with Crippen LogP contribution in [-0.4, -0.2) is 39.8 Å². The van der Waals surface area contributed by atoms with Gasteiger partial charge in [-0.15, -0.1) is 0 Å². The molecule has 0 bridgehead atoms. The van der Waals surface area contributed by atoms with Crippen molar-refractivity contribution in [2.45, 2.75) is 71.3 Å². The largest absolute Gasteiger partial charge is 0.425 e. The number of rotatable bonds is 8. The van der Waals surface area contributed by atoms with E-state index < -0.39 is 14.4 Å². The first kappa shape index (κ1) is 32.1. The van der Waals surface area contributed by atoms with Crippen molar-refractivity contribution in [1.29, 1.82) is 0 Å². The van der Waals surface area contributed by atoms with E-state index in [4.69, 9.17) is 9.16 Å². The normalized spacial score (nSPS) is 14.6. The Labute approximate surface area is 275 Å². The lowest BCUT2D eigenvalue weighted by molar-refractivity contribution is -0.114. The standard InChI is InChI=1S/C36H40N6O4Si/c1-24(43)38-34-39-32-31(33(40-34)46-35(44)42(28-13-9-7-10-14-28)29-15-11-8-12-16-29)37-23-41(32)30-20-26-18-17-25(19-27(26)21-30)22-45-47(5,6)36(2,3)4/h7-19,23,30H,20-22H2,1-6H3,(H,38,39,40,43). The second kappa shape index (κ2) is 12.7. The lowest BCUT2D eigenvalue weighted by Gasteiger charge is -2.36. The van der Waals surface area contributed by atoms with E-state index in [0.717, 1.165) is 18.4 Å². The molecule has 0 saturated carbocycles. The molecule has 6 rings (SSSR count). The van der Waals surface area contributed by atoms with E-state index in [1.165, 1.54) is 23.0 Å². The van der Waals surface area contributed by atoms with Crippen LogP contribution in [0.15, 0.2) is 85.2 Å². The first-order valence-corrected chi connectivity index (χ1v) is 18.7. The molecule has 0 aliphatic heterocycles. The number of carbonyl (C=O) groups is 2. The summed E-state index contributed by atoms with van der Waals surface area (Å²) in [6.07, 6.45) is 2.60. The monoisotopic (exact) mass is 648 g/mol. The van der Waals surface area contributed by atoms with Crippen LogP contribution in [0.1, 0.15) is 50.4 Å². The first-order chi connectivity index (χ1) is 22.4. The number of imidazole rings is 1. The number of nitrogens with one attached hydrogen (secondary N) is 1. The van der Waals surface area contributed by atoms with Gasteiger partial charge in [0.15, 0.2) is 19.5 Å². The van der Waals surface area contributed by atoms with Gasteiger partial charge >= 0.3 is 6.09 Å². The lowest BCUT2D eigenvalue weighted by Crippen LogP contribution is -2.40. The number of aromatic nitrogens is 4. The Kier molecular flexibility index (Phi) is 8.69. The summed E-state index contributed by atoms with van der Waals surface area (Å²) in [4.78, 5) is 41.0. The predicted molar refractivity (Wildman–Crippen MR) is 186 cm³/mol. The first-order valence-electron chi connectivity index (χ1n) is 15.8. The van der Waals surface area contributed by atoms with Crippen molar-refractivity contribution in [1.82, 2.24) is 19.5 Å². The van der Waals surface area contributed by atoms with Crippen molar-refractivity contribution in [3.63, 3.8) is 0 Å². The molecule has 0 spiro atoms. The molecule has 0 radical (unpaired) electrons.